The maximum absolute atomic E-state index is 13.2. The molecule has 30 heavy (non-hydrogen) atoms. The third kappa shape index (κ3) is 3.50. The van der Waals surface area contributed by atoms with Gasteiger partial charge >= 0.3 is 0 Å². The van der Waals surface area contributed by atoms with E-state index in [1.807, 2.05) is 36.7 Å². The molecule has 1 amide bonds. The number of likely N-dealkylation sites (tertiary alicyclic amines) is 1. The normalized spacial score (nSPS) is 20.7. The molecule has 5 rings (SSSR count). The van der Waals surface area contributed by atoms with Crippen molar-refractivity contribution < 1.29 is 9.32 Å². The van der Waals surface area contributed by atoms with Gasteiger partial charge in [-0.25, -0.2) is 9.50 Å². The molecule has 3 aromatic rings. The van der Waals surface area contributed by atoms with Crippen LogP contribution in [0.25, 0.3) is 17.0 Å². The molecule has 7 heteroatoms. The van der Waals surface area contributed by atoms with Crippen LogP contribution in [0.1, 0.15) is 67.9 Å². The second kappa shape index (κ2) is 7.85. The molecule has 3 aromatic heterocycles. The largest absolute Gasteiger partial charge is 0.356 e. The Bertz CT molecular complexity index is 1060. The lowest BCUT2D eigenvalue weighted by Crippen LogP contribution is -2.43. The lowest BCUT2D eigenvalue weighted by molar-refractivity contribution is -0.137. The molecule has 1 aliphatic carbocycles. The minimum atomic E-state index is 0.191. The van der Waals surface area contributed by atoms with Crippen LogP contribution < -0.4 is 0 Å². The number of aryl methyl sites for hydroxylation is 2. The Morgan fingerprint density at radius 1 is 1.07 bits per heavy atom. The van der Waals surface area contributed by atoms with E-state index in [-0.39, 0.29) is 11.8 Å². The van der Waals surface area contributed by atoms with Gasteiger partial charge in [-0.15, -0.1) is 0 Å². The van der Waals surface area contributed by atoms with Crippen molar-refractivity contribution in [2.45, 2.75) is 64.7 Å². The SMILES string of the molecule is Cc1cc(-c2cnc3cc(C)nn3c2C2CCCN(C(=O)C3CCCCC3)C2)on1. The number of amides is 1. The molecule has 2 aliphatic rings. The topological polar surface area (TPSA) is 76.5 Å². The van der Waals surface area contributed by atoms with Crippen molar-refractivity contribution in [2.75, 3.05) is 13.1 Å². The zero-order chi connectivity index (χ0) is 20.7. The number of piperidine rings is 1. The highest BCUT2D eigenvalue weighted by Gasteiger charge is 2.33. The van der Waals surface area contributed by atoms with Gasteiger partial charge in [0.15, 0.2) is 11.4 Å². The fourth-order valence-electron chi connectivity index (χ4n) is 5.15. The molecule has 1 saturated heterocycles. The summed E-state index contributed by atoms with van der Waals surface area (Å²) in [5.74, 6) is 1.45. The number of hydrogen-bond acceptors (Lipinski definition) is 5. The number of hydrogen-bond donors (Lipinski definition) is 0. The summed E-state index contributed by atoms with van der Waals surface area (Å²) < 4.78 is 7.54. The highest BCUT2D eigenvalue weighted by Crippen LogP contribution is 2.36. The maximum atomic E-state index is 13.2. The van der Waals surface area contributed by atoms with Crippen molar-refractivity contribution in [3.63, 3.8) is 0 Å². The van der Waals surface area contributed by atoms with E-state index in [2.05, 4.69) is 15.0 Å². The van der Waals surface area contributed by atoms with Crippen LogP contribution in [0.15, 0.2) is 22.9 Å². The van der Waals surface area contributed by atoms with Gasteiger partial charge < -0.3 is 9.42 Å². The maximum Gasteiger partial charge on any atom is 0.225 e. The van der Waals surface area contributed by atoms with Crippen molar-refractivity contribution in [1.29, 1.82) is 0 Å². The Labute approximate surface area is 176 Å². The van der Waals surface area contributed by atoms with Gasteiger partial charge in [-0.1, -0.05) is 24.4 Å². The molecule has 1 unspecified atom stereocenters. The molecule has 0 spiro atoms. The minimum absolute atomic E-state index is 0.191. The minimum Gasteiger partial charge on any atom is -0.356 e. The van der Waals surface area contributed by atoms with Crippen LogP contribution in [0.2, 0.25) is 0 Å². The predicted octanol–water partition coefficient (Wildman–Crippen LogP) is 4.29. The fraction of sp³-hybridized carbons (Fsp3) is 0.565. The Morgan fingerprint density at radius 3 is 2.67 bits per heavy atom. The lowest BCUT2D eigenvalue weighted by Gasteiger charge is -2.36. The molecule has 0 bridgehead atoms. The monoisotopic (exact) mass is 407 g/mol. The van der Waals surface area contributed by atoms with Gasteiger partial charge in [-0.3, -0.25) is 4.79 Å². The number of carbonyl (C=O) groups is 1. The summed E-state index contributed by atoms with van der Waals surface area (Å²) in [7, 11) is 0. The first-order valence-electron chi connectivity index (χ1n) is 11.2. The van der Waals surface area contributed by atoms with E-state index in [0.29, 0.717) is 11.7 Å². The summed E-state index contributed by atoms with van der Waals surface area (Å²) in [4.78, 5) is 19.9. The van der Waals surface area contributed by atoms with E-state index in [9.17, 15) is 4.79 Å². The van der Waals surface area contributed by atoms with E-state index in [1.165, 1.54) is 19.3 Å². The van der Waals surface area contributed by atoms with Crippen LogP contribution in [-0.4, -0.2) is 43.7 Å². The second-order valence-corrected chi connectivity index (χ2v) is 8.90. The Balaban J connectivity index is 1.51. The Morgan fingerprint density at radius 2 is 1.90 bits per heavy atom. The predicted molar refractivity (Wildman–Crippen MR) is 113 cm³/mol. The summed E-state index contributed by atoms with van der Waals surface area (Å²) in [6.07, 6.45) is 9.60. The Kier molecular flexibility index (Phi) is 5.05. The van der Waals surface area contributed by atoms with Crippen LogP contribution in [0.5, 0.6) is 0 Å². The van der Waals surface area contributed by atoms with Crippen molar-refractivity contribution in [3.05, 3.63) is 35.4 Å². The average molecular weight is 408 g/mol. The first kappa shape index (κ1) is 19.3. The standard InChI is InChI=1S/C23H29N5O2/c1-15-12-21-24-13-19(20-11-16(2)26-30-20)22(28(21)25-15)18-9-6-10-27(14-18)23(29)17-7-4-3-5-8-17/h11-13,17-18H,3-10,14H2,1-2H3. The molecule has 1 saturated carbocycles. The van der Waals surface area contributed by atoms with Crippen molar-refractivity contribution in [3.8, 4) is 11.3 Å². The highest BCUT2D eigenvalue weighted by atomic mass is 16.5. The molecule has 0 aromatic carbocycles. The number of rotatable bonds is 3. The molecule has 2 fully saturated rings. The second-order valence-electron chi connectivity index (χ2n) is 8.90. The van der Waals surface area contributed by atoms with E-state index in [4.69, 9.17) is 9.62 Å². The molecule has 7 nitrogen and oxygen atoms in total. The molecule has 158 valence electrons. The number of aromatic nitrogens is 4. The number of fused-ring (bicyclic) bond motifs is 1. The zero-order valence-electron chi connectivity index (χ0n) is 17.8. The number of carbonyl (C=O) groups excluding carboxylic acids is 1. The molecule has 4 heterocycles. The molecular weight excluding hydrogens is 378 g/mol. The third-order valence-corrected chi connectivity index (χ3v) is 6.61. The van der Waals surface area contributed by atoms with Crippen LogP contribution in [0.3, 0.4) is 0 Å². The van der Waals surface area contributed by atoms with Crippen LogP contribution in [0, 0.1) is 19.8 Å². The van der Waals surface area contributed by atoms with E-state index >= 15 is 0 Å². The first-order valence-corrected chi connectivity index (χ1v) is 11.2. The van der Waals surface area contributed by atoms with Crippen molar-refractivity contribution in [1.82, 2.24) is 24.7 Å². The van der Waals surface area contributed by atoms with Gasteiger partial charge in [-0.05, 0) is 39.5 Å². The van der Waals surface area contributed by atoms with Gasteiger partial charge in [-0.2, -0.15) is 5.10 Å². The van der Waals surface area contributed by atoms with Crippen molar-refractivity contribution in [2.24, 2.45) is 5.92 Å². The van der Waals surface area contributed by atoms with Crippen LogP contribution in [0.4, 0.5) is 0 Å². The van der Waals surface area contributed by atoms with Gasteiger partial charge in [0.25, 0.3) is 0 Å². The molecular formula is C23H29N5O2. The molecule has 0 radical (unpaired) electrons. The zero-order valence-corrected chi connectivity index (χ0v) is 17.8. The van der Waals surface area contributed by atoms with Gasteiger partial charge in [0.05, 0.1) is 22.6 Å². The molecule has 1 aliphatic heterocycles. The summed E-state index contributed by atoms with van der Waals surface area (Å²) in [5, 5.41) is 8.80. The van der Waals surface area contributed by atoms with Gasteiger partial charge in [0.2, 0.25) is 5.91 Å². The van der Waals surface area contributed by atoms with E-state index in [1.54, 1.807) is 0 Å². The summed E-state index contributed by atoms with van der Waals surface area (Å²) in [6, 6.07) is 3.93. The van der Waals surface area contributed by atoms with E-state index < -0.39 is 0 Å². The summed E-state index contributed by atoms with van der Waals surface area (Å²) in [5.41, 5.74) is 4.60. The quantitative estimate of drug-likeness (QED) is 0.647. The van der Waals surface area contributed by atoms with Crippen LogP contribution >= 0.6 is 0 Å². The van der Waals surface area contributed by atoms with Crippen molar-refractivity contribution >= 4 is 11.6 Å². The van der Waals surface area contributed by atoms with Gasteiger partial charge in [0.1, 0.15) is 0 Å². The lowest BCUT2D eigenvalue weighted by atomic mass is 9.86. The fourth-order valence-corrected chi connectivity index (χ4v) is 5.15. The number of nitrogens with zero attached hydrogens (tertiary/aromatic N) is 5. The summed E-state index contributed by atoms with van der Waals surface area (Å²) >= 11 is 0. The summed E-state index contributed by atoms with van der Waals surface area (Å²) in [6.45, 7) is 5.49. The highest BCUT2D eigenvalue weighted by molar-refractivity contribution is 5.79. The molecule has 0 N–H and O–H groups in total. The van der Waals surface area contributed by atoms with Crippen LogP contribution in [-0.2, 0) is 4.79 Å². The van der Waals surface area contributed by atoms with Gasteiger partial charge in [0, 0.05) is 43.3 Å². The third-order valence-electron chi connectivity index (χ3n) is 6.61. The average Bonchev–Trinajstić information content (AvgIpc) is 3.37. The first-order chi connectivity index (χ1) is 14.6. The van der Waals surface area contributed by atoms with E-state index in [0.717, 1.165) is 67.1 Å². The molecule has 1 atom stereocenters. The smallest absolute Gasteiger partial charge is 0.225 e. The Hall–Kier alpha value is -2.70.